The Morgan fingerprint density at radius 3 is 2.87 bits per heavy atom. The van der Waals surface area contributed by atoms with Crippen molar-refractivity contribution in [3.05, 3.63) is 53.2 Å². The van der Waals surface area contributed by atoms with E-state index < -0.39 is 0 Å². The smallest absolute Gasteiger partial charge is 0.191 e. The van der Waals surface area contributed by atoms with Crippen LogP contribution in [0, 0.1) is 6.92 Å². The fraction of sp³-hybridized carbons (Fsp3) is 0.500. The van der Waals surface area contributed by atoms with Gasteiger partial charge in [0, 0.05) is 51.1 Å². The van der Waals surface area contributed by atoms with Crippen molar-refractivity contribution in [3.63, 3.8) is 0 Å². The third-order valence-corrected chi connectivity index (χ3v) is 5.16. The van der Waals surface area contributed by atoms with Crippen molar-refractivity contribution in [1.82, 2.24) is 15.6 Å². The van der Waals surface area contributed by atoms with Crippen LogP contribution in [0.15, 0.2) is 41.5 Å². The average molecular weight is 426 g/mol. The van der Waals surface area contributed by atoms with Crippen molar-refractivity contribution < 1.29 is 9.47 Å². The van der Waals surface area contributed by atoms with Gasteiger partial charge in [0.2, 0.25) is 0 Å². The topological polar surface area (TPSA) is 71.0 Å². The van der Waals surface area contributed by atoms with Crippen LogP contribution in [0.5, 0.6) is 5.75 Å². The first-order valence-electron chi connectivity index (χ1n) is 11.0. The van der Waals surface area contributed by atoms with Crippen LogP contribution < -0.4 is 20.3 Å². The molecule has 1 fully saturated rings. The van der Waals surface area contributed by atoms with Crippen LogP contribution in [0.1, 0.15) is 36.5 Å². The number of benzene rings is 1. The predicted octanol–water partition coefficient (Wildman–Crippen LogP) is 3.27. The molecule has 1 unspecified atom stereocenters. The molecule has 7 heteroatoms. The Hall–Kier alpha value is -2.80. The number of ether oxygens (including phenoxy) is 2. The van der Waals surface area contributed by atoms with Crippen molar-refractivity contribution in [3.8, 4) is 5.75 Å². The fourth-order valence-electron chi connectivity index (χ4n) is 3.54. The third-order valence-electron chi connectivity index (χ3n) is 5.16. The van der Waals surface area contributed by atoms with Crippen LogP contribution in [0.3, 0.4) is 0 Å². The number of aromatic nitrogens is 1. The largest absolute Gasteiger partial charge is 0.491 e. The van der Waals surface area contributed by atoms with E-state index in [-0.39, 0.29) is 6.10 Å². The van der Waals surface area contributed by atoms with E-state index in [1.807, 2.05) is 31.3 Å². The van der Waals surface area contributed by atoms with Gasteiger partial charge < -0.3 is 25.0 Å². The Labute approximate surface area is 185 Å². The molecular weight excluding hydrogens is 390 g/mol. The molecule has 1 aliphatic rings. The van der Waals surface area contributed by atoms with Crippen LogP contribution in [-0.2, 0) is 17.8 Å². The number of hydrogen-bond acceptors (Lipinski definition) is 5. The van der Waals surface area contributed by atoms with E-state index in [1.54, 1.807) is 0 Å². The maximum Gasteiger partial charge on any atom is 0.191 e. The molecule has 31 heavy (non-hydrogen) atoms. The van der Waals surface area contributed by atoms with Crippen LogP contribution in [0.25, 0.3) is 0 Å². The molecule has 1 aromatic carbocycles. The van der Waals surface area contributed by atoms with E-state index in [9.17, 15) is 0 Å². The van der Waals surface area contributed by atoms with E-state index in [2.05, 4.69) is 53.7 Å². The van der Waals surface area contributed by atoms with Crippen LogP contribution in [0.4, 0.5) is 5.82 Å². The normalized spacial score (nSPS) is 16.3. The minimum Gasteiger partial charge on any atom is -0.491 e. The van der Waals surface area contributed by atoms with Gasteiger partial charge in [0.15, 0.2) is 5.96 Å². The first kappa shape index (κ1) is 22.9. The summed E-state index contributed by atoms with van der Waals surface area (Å²) in [6.45, 7) is 7.53. The van der Waals surface area contributed by atoms with Gasteiger partial charge in [0.25, 0.3) is 0 Å². The van der Waals surface area contributed by atoms with Gasteiger partial charge in [0.05, 0.1) is 12.6 Å². The highest BCUT2D eigenvalue weighted by atomic mass is 16.5. The van der Waals surface area contributed by atoms with E-state index >= 15 is 0 Å². The van der Waals surface area contributed by atoms with Gasteiger partial charge in [-0.05, 0) is 44.4 Å². The molecule has 2 N–H and O–H groups in total. The molecule has 0 radical (unpaired) electrons. The number of anilines is 1. The third kappa shape index (κ3) is 6.85. The van der Waals surface area contributed by atoms with Crippen LogP contribution >= 0.6 is 0 Å². The molecule has 0 spiro atoms. The Morgan fingerprint density at radius 2 is 2.13 bits per heavy atom. The zero-order valence-electron chi connectivity index (χ0n) is 19.1. The van der Waals surface area contributed by atoms with Gasteiger partial charge in [-0.2, -0.15) is 0 Å². The second kappa shape index (κ2) is 11.6. The zero-order valence-corrected chi connectivity index (χ0v) is 19.1. The highest BCUT2D eigenvalue weighted by Gasteiger charge is 2.17. The van der Waals surface area contributed by atoms with E-state index in [1.165, 1.54) is 5.56 Å². The molecule has 0 amide bonds. The summed E-state index contributed by atoms with van der Waals surface area (Å²) in [4.78, 5) is 11.3. The predicted molar refractivity (Wildman–Crippen MR) is 126 cm³/mol. The number of hydrogen-bond donors (Lipinski definition) is 2. The summed E-state index contributed by atoms with van der Waals surface area (Å²) in [5.74, 6) is 2.60. The lowest BCUT2D eigenvalue weighted by Gasteiger charge is -2.18. The van der Waals surface area contributed by atoms with E-state index in [4.69, 9.17) is 14.5 Å². The quantitative estimate of drug-likeness (QED) is 0.475. The molecule has 7 nitrogen and oxygen atoms in total. The van der Waals surface area contributed by atoms with Crippen molar-refractivity contribution >= 4 is 11.8 Å². The Balaban J connectivity index is 1.67. The molecule has 3 rings (SSSR count). The van der Waals surface area contributed by atoms with E-state index in [0.29, 0.717) is 19.7 Å². The molecule has 1 aromatic heterocycles. The summed E-state index contributed by atoms with van der Waals surface area (Å²) in [6, 6.07) is 10.3. The van der Waals surface area contributed by atoms with Gasteiger partial charge in [-0.15, -0.1) is 0 Å². The fourth-order valence-corrected chi connectivity index (χ4v) is 3.54. The summed E-state index contributed by atoms with van der Waals surface area (Å²) in [6.07, 6.45) is 4.19. The first-order chi connectivity index (χ1) is 15.1. The first-order valence-corrected chi connectivity index (χ1v) is 11.0. The second-order valence-corrected chi connectivity index (χ2v) is 7.99. The lowest BCUT2D eigenvalue weighted by Crippen LogP contribution is -2.37. The van der Waals surface area contributed by atoms with Gasteiger partial charge in [-0.3, -0.25) is 0 Å². The number of pyridine rings is 1. The standard InChI is InChI=1S/C24H35N5O2/c1-5-25-24(28-16-20-8-6-12-26-23(20)29(3)4)27-15-19-11-10-18(2)14-22(19)31-17-21-9-7-13-30-21/h6,8,10-12,14,21H,5,7,9,13,15-17H2,1-4H3,(H2,25,27,28). The molecule has 1 aliphatic heterocycles. The Kier molecular flexibility index (Phi) is 8.53. The maximum atomic E-state index is 6.12. The molecule has 0 bridgehead atoms. The number of nitrogens with one attached hydrogen (secondary N) is 2. The van der Waals surface area contributed by atoms with Crippen molar-refractivity contribution in [2.45, 2.75) is 45.9 Å². The number of guanidine groups is 1. The summed E-state index contributed by atoms with van der Waals surface area (Å²) >= 11 is 0. The summed E-state index contributed by atoms with van der Waals surface area (Å²) < 4.78 is 11.8. The van der Waals surface area contributed by atoms with E-state index in [0.717, 1.165) is 54.6 Å². The Bertz CT molecular complexity index is 863. The van der Waals surface area contributed by atoms with Crippen molar-refractivity contribution in [1.29, 1.82) is 0 Å². The Morgan fingerprint density at radius 1 is 1.26 bits per heavy atom. The zero-order chi connectivity index (χ0) is 22.1. The minimum atomic E-state index is 0.196. The second-order valence-electron chi connectivity index (χ2n) is 7.99. The van der Waals surface area contributed by atoms with Crippen LogP contribution in [0.2, 0.25) is 0 Å². The monoisotopic (exact) mass is 425 g/mol. The molecule has 2 heterocycles. The minimum absolute atomic E-state index is 0.196. The number of rotatable bonds is 9. The molecule has 0 aliphatic carbocycles. The summed E-state index contributed by atoms with van der Waals surface area (Å²) in [5.41, 5.74) is 3.36. The SMILES string of the molecule is CCNC(=NCc1ccc(C)cc1OCC1CCCO1)NCc1cccnc1N(C)C. The summed E-state index contributed by atoms with van der Waals surface area (Å²) in [7, 11) is 4.00. The maximum absolute atomic E-state index is 6.12. The molecule has 2 aromatic rings. The highest BCUT2D eigenvalue weighted by molar-refractivity contribution is 5.80. The number of aliphatic imine (C=N–C) groups is 1. The number of aryl methyl sites for hydroxylation is 1. The number of nitrogens with zero attached hydrogens (tertiary/aromatic N) is 3. The molecule has 0 saturated carbocycles. The van der Waals surface area contributed by atoms with Gasteiger partial charge >= 0.3 is 0 Å². The van der Waals surface area contributed by atoms with Crippen molar-refractivity contribution in [2.75, 3.05) is 38.8 Å². The lowest BCUT2D eigenvalue weighted by atomic mass is 10.1. The van der Waals surface area contributed by atoms with Crippen molar-refractivity contribution in [2.24, 2.45) is 4.99 Å². The van der Waals surface area contributed by atoms with Gasteiger partial charge in [-0.25, -0.2) is 9.98 Å². The van der Waals surface area contributed by atoms with Gasteiger partial charge in [0.1, 0.15) is 18.2 Å². The average Bonchev–Trinajstić information content (AvgIpc) is 3.29. The molecular formula is C24H35N5O2. The van der Waals surface area contributed by atoms with Gasteiger partial charge in [-0.1, -0.05) is 18.2 Å². The van der Waals surface area contributed by atoms with Crippen LogP contribution in [-0.4, -0.2) is 50.9 Å². The highest BCUT2D eigenvalue weighted by Crippen LogP contribution is 2.23. The lowest BCUT2D eigenvalue weighted by molar-refractivity contribution is 0.0676. The molecule has 168 valence electrons. The molecule has 1 saturated heterocycles. The summed E-state index contributed by atoms with van der Waals surface area (Å²) in [5, 5.41) is 6.74. The molecule has 1 atom stereocenters.